The molecule has 2 heterocycles. The molecule has 4 rings (SSSR count). The van der Waals surface area contributed by atoms with E-state index in [0.29, 0.717) is 11.3 Å². The summed E-state index contributed by atoms with van der Waals surface area (Å²) in [5.41, 5.74) is 1.32. The maximum absolute atomic E-state index is 13.5. The molecule has 0 bridgehead atoms. The van der Waals surface area contributed by atoms with Crippen molar-refractivity contribution in [3.8, 4) is 11.3 Å². The average molecular weight is 413 g/mol. The van der Waals surface area contributed by atoms with Gasteiger partial charge in [0.1, 0.15) is 17.7 Å². The summed E-state index contributed by atoms with van der Waals surface area (Å²) in [5.74, 6) is -1.48. The van der Waals surface area contributed by atoms with E-state index < -0.39 is 23.8 Å². The molecule has 1 atom stereocenters. The van der Waals surface area contributed by atoms with Crippen LogP contribution in [-0.2, 0) is 11.3 Å². The van der Waals surface area contributed by atoms with E-state index in [4.69, 9.17) is 4.74 Å². The normalized spacial score (nSPS) is 16.0. The predicted molar refractivity (Wildman–Crippen MR) is 104 cm³/mol. The number of carbonyl (C=O) groups excluding carboxylic acids is 1. The maximum atomic E-state index is 13.5. The summed E-state index contributed by atoms with van der Waals surface area (Å²) in [4.78, 5) is 25.6. The third kappa shape index (κ3) is 4.06. The van der Waals surface area contributed by atoms with Crippen LogP contribution in [0.4, 0.5) is 19.3 Å². The zero-order chi connectivity index (χ0) is 21.3. The standard InChI is InChI=1S/C21H17F2N3O4/c22-15-7-14(8-16(23)9-15)19-4-5-20(28)26(24-19)10-13-2-1-3-17(6-13)25-11-18(12-27)30-21(25)29/h1-9,18,27H,10-12H2/t18-/m0/s1. The number of hydrogen-bond donors (Lipinski definition) is 1. The number of cyclic esters (lactones) is 1. The minimum Gasteiger partial charge on any atom is -0.441 e. The lowest BCUT2D eigenvalue weighted by Gasteiger charge is -2.14. The van der Waals surface area contributed by atoms with E-state index in [1.165, 1.54) is 21.7 Å². The number of hydrogen-bond acceptors (Lipinski definition) is 5. The molecular formula is C21H17F2N3O4. The van der Waals surface area contributed by atoms with Gasteiger partial charge in [-0.25, -0.2) is 18.3 Å². The Morgan fingerprint density at radius 2 is 1.83 bits per heavy atom. The van der Waals surface area contributed by atoms with E-state index in [1.54, 1.807) is 24.3 Å². The summed E-state index contributed by atoms with van der Waals surface area (Å²) >= 11 is 0. The summed E-state index contributed by atoms with van der Waals surface area (Å²) in [5, 5.41) is 13.4. The molecular weight excluding hydrogens is 396 g/mol. The highest BCUT2D eigenvalue weighted by Gasteiger charge is 2.31. The van der Waals surface area contributed by atoms with Gasteiger partial charge in [-0.2, -0.15) is 5.10 Å². The molecule has 1 amide bonds. The molecule has 1 fully saturated rings. The van der Waals surface area contributed by atoms with E-state index in [0.717, 1.165) is 18.2 Å². The van der Waals surface area contributed by atoms with Crippen molar-refractivity contribution in [1.29, 1.82) is 0 Å². The van der Waals surface area contributed by atoms with Gasteiger partial charge >= 0.3 is 6.09 Å². The topological polar surface area (TPSA) is 84.7 Å². The number of rotatable bonds is 5. The van der Waals surface area contributed by atoms with Crippen LogP contribution in [-0.4, -0.2) is 40.2 Å². The van der Waals surface area contributed by atoms with Crippen LogP contribution in [0.15, 0.2) is 59.4 Å². The van der Waals surface area contributed by atoms with Crippen LogP contribution in [0.25, 0.3) is 11.3 Å². The Morgan fingerprint density at radius 1 is 1.07 bits per heavy atom. The fraction of sp³-hybridized carbons (Fsp3) is 0.190. The smallest absolute Gasteiger partial charge is 0.414 e. The molecule has 30 heavy (non-hydrogen) atoms. The molecule has 0 saturated carbocycles. The molecule has 1 N–H and O–H groups in total. The van der Waals surface area contributed by atoms with Crippen LogP contribution in [0, 0.1) is 11.6 Å². The van der Waals surface area contributed by atoms with Crippen molar-refractivity contribution < 1.29 is 23.4 Å². The van der Waals surface area contributed by atoms with Gasteiger partial charge in [-0.15, -0.1) is 0 Å². The lowest BCUT2D eigenvalue weighted by molar-refractivity contribution is 0.0963. The largest absolute Gasteiger partial charge is 0.441 e. The molecule has 7 nitrogen and oxygen atoms in total. The molecule has 2 aromatic carbocycles. The maximum Gasteiger partial charge on any atom is 0.414 e. The summed E-state index contributed by atoms with van der Waals surface area (Å²) in [7, 11) is 0. The van der Waals surface area contributed by atoms with Crippen LogP contribution in [0.5, 0.6) is 0 Å². The quantitative estimate of drug-likeness (QED) is 0.695. The second-order valence-corrected chi connectivity index (χ2v) is 6.84. The zero-order valence-electron chi connectivity index (χ0n) is 15.7. The molecule has 1 aliphatic rings. The number of aliphatic hydroxyl groups is 1. The van der Waals surface area contributed by atoms with Gasteiger partial charge in [-0.05, 0) is 35.9 Å². The van der Waals surface area contributed by atoms with Gasteiger partial charge in [0.05, 0.1) is 25.4 Å². The van der Waals surface area contributed by atoms with E-state index in [-0.39, 0.29) is 36.5 Å². The number of benzene rings is 2. The fourth-order valence-corrected chi connectivity index (χ4v) is 3.24. The summed E-state index contributed by atoms with van der Waals surface area (Å²) in [6.07, 6.45) is -1.15. The number of carbonyl (C=O) groups is 1. The molecule has 154 valence electrons. The summed E-state index contributed by atoms with van der Waals surface area (Å²) in [6, 6.07) is 12.6. The second-order valence-electron chi connectivity index (χ2n) is 6.84. The van der Waals surface area contributed by atoms with Crippen molar-refractivity contribution in [2.75, 3.05) is 18.1 Å². The number of amides is 1. The molecule has 0 unspecified atom stereocenters. The van der Waals surface area contributed by atoms with Crippen molar-refractivity contribution in [3.63, 3.8) is 0 Å². The van der Waals surface area contributed by atoms with Crippen LogP contribution >= 0.6 is 0 Å². The summed E-state index contributed by atoms with van der Waals surface area (Å²) < 4.78 is 33.3. The average Bonchev–Trinajstić information content (AvgIpc) is 3.10. The van der Waals surface area contributed by atoms with Gasteiger partial charge in [-0.3, -0.25) is 9.69 Å². The van der Waals surface area contributed by atoms with E-state index in [9.17, 15) is 23.5 Å². The Labute approximate surface area is 169 Å². The Kier molecular flexibility index (Phi) is 5.28. The highest BCUT2D eigenvalue weighted by atomic mass is 19.1. The zero-order valence-corrected chi connectivity index (χ0v) is 15.7. The molecule has 1 aliphatic heterocycles. The Hall–Kier alpha value is -3.59. The minimum absolute atomic E-state index is 0.0879. The van der Waals surface area contributed by atoms with Crippen LogP contribution in [0.2, 0.25) is 0 Å². The Morgan fingerprint density at radius 3 is 2.53 bits per heavy atom. The van der Waals surface area contributed by atoms with Crippen molar-refractivity contribution in [2.24, 2.45) is 0 Å². The number of aliphatic hydroxyl groups excluding tert-OH is 1. The molecule has 3 aromatic rings. The Balaban J connectivity index is 1.62. The van der Waals surface area contributed by atoms with Crippen LogP contribution in [0.3, 0.4) is 0 Å². The van der Waals surface area contributed by atoms with Gasteiger partial charge in [0.15, 0.2) is 0 Å². The fourth-order valence-electron chi connectivity index (χ4n) is 3.24. The summed E-state index contributed by atoms with van der Waals surface area (Å²) in [6.45, 7) is 0.0386. The van der Waals surface area contributed by atoms with Crippen molar-refractivity contribution in [3.05, 3.63) is 82.1 Å². The van der Waals surface area contributed by atoms with Crippen molar-refractivity contribution in [2.45, 2.75) is 12.6 Å². The van der Waals surface area contributed by atoms with Gasteiger partial charge in [0.25, 0.3) is 5.56 Å². The van der Waals surface area contributed by atoms with Crippen LogP contribution in [0.1, 0.15) is 5.56 Å². The van der Waals surface area contributed by atoms with Gasteiger partial charge in [0.2, 0.25) is 0 Å². The molecule has 9 heteroatoms. The van der Waals surface area contributed by atoms with Gasteiger partial charge < -0.3 is 9.84 Å². The third-order valence-corrected chi connectivity index (χ3v) is 4.66. The Bertz CT molecular complexity index is 1140. The highest BCUT2D eigenvalue weighted by molar-refractivity contribution is 5.89. The number of halogens is 2. The lowest BCUT2D eigenvalue weighted by atomic mass is 10.1. The minimum atomic E-state index is -0.740. The second kappa shape index (κ2) is 8.03. The third-order valence-electron chi connectivity index (χ3n) is 4.66. The first-order valence-electron chi connectivity index (χ1n) is 9.15. The molecule has 0 aliphatic carbocycles. The van der Waals surface area contributed by atoms with Crippen molar-refractivity contribution >= 4 is 11.8 Å². The first-order valence-corrected chi connectivity index (χ1v) is 9.15. The van der Waals surface area contributed by atoms with E-state index in [1.807, 2.05) is 0 Å². The number of aromatic nitrogens is 2. The first kappa shape index (κ1) is 19.7. The number of nitrogens with zero attached hydrogens (tertiary/aromatic N) is 3. The van der Waals surface area contributed by atoms with Crippen LogP contribution < -0.4 is 10.5 Å². The highest BCUT2D eigenvalue weighted by Crippen LogP contribution is 2.23. The molecule has 1 saturated heterocycles. The van der Waals surface area contributed by atoms with E-state index >= 15 is 0 Å². The van der Waals surface area contributed by atoms with Crippen molar-refractivity contribution in [1.82, 2.24) is 9.78 Å². The van der Waals surface area contributed by atoms with Gasteiger partial charge in [0, 0.05) is 23.4 Å². The molecule has 0 radical (unpaired) electrons. The first-order chi connectivity index (χ1) is 14.4. The predicted octanol–water partition coefficient (Wildman–Crippen LogP) is 2.55. The monoisotopic (exact) mass is 413 g/mol. The molecule has 0 spiro atoms. The van der Waals surface area contributed by atoms with E-state index in [2.05, 4.69) is 5.10 Å². The number of ether oxygens (including phenoxy) is 1. The van der Waals surface area contributed by atoms with Gasteiger partial charge in [-0.1, -0.05) is 12.1 Å². The molecule has 1 aromatic heterocycles. The lowest BCUT2D eigenvalue weighted by Crippen LogP contribution is -2.26. The number of anilines is 1. The SMILES string of the molecule is O=C1O[C@H](CO)CN1c1cccc(Cn2nc(-c3cc(F)cc(F)c3)ccc2=O)c1.